The summed E-state index contributed by atoms with van der Waals surface area (Å²) in [7, 11) is 1.31. The Morgan fingerprint density at radius 1 is 1.12 bits per heavy atom. The lowest BCUT2D eigenvalue weighted by molar-refractivity contribution is -0.132. The molecule has 4 rings (SSSR count). The predicted octanol–water partition coefficient (Wildman–Crippen LogP) is 5.30. The van der Waals surface area contributed by atoms with Crippen LogP contribution in [-0.4, -0.2) is 28.9 Å². The van der Waals surface area contributed by atoms with Gasteiger partial charge in [0.2, 0.25) is 0 Å². The number of halogens is 4. The number of aliphatic hydroxyl groups excluding tert-OH is 1. The van der Waals surface area contributed by atoms with E-state index in [2.05, 4.69) is 4.98 Å². The lowest BCUT2D eigenvalue weighted by Crippen LogP contribution is -2.29. The second-order valence-electron chi connectivity index (χ2n) is 7.02. The lowest BCUT2D eigenvalue weighted by Gasteiger charge is -2.25. The van der Waals surface area contributed by atoms with Crippen molar-refractivity contribution in [1.82, 2.24) is 4.98 Å². The molecule has 1 saturated heterocycles. The summed E-state index contributed by atoms with van der Waals surface area (Å²) in [6, 6.07) is 7.44. The number of Topliss-reactive ketones (excluding diaryl/α,β-unsaturated/α-hetero) is 1. The fourth-order valence-electron chi connectivity index (χ4n) is 3.68. The standard InChI is InChI=1S/C23H14Cl2F2N2O4/c1-33-22-14(7-12(24)8-15(22)25)20(30)18-19(11-3-2-6-28-10-11)29(23(32)21(18)31)13-4-5-16(26)17(27)9-13/h2-10,19,30H,1H3/b20-18+. The van der Waals surface area contributed by atoms with Gasteiger partial charge in [0.25, 0.3) is 11.7 Å². The molecule has 0 saturated carbocycles. The number of nitrogens with zero attached hydrogens (tertiary/aromatic N) is 2. The number of aromatic nitrogens is 1. The van der Waals surface area contributed by atoms with Gasteiger partial charge < -0.3 is 9.84 Å². The summed E-state index contributed by atoms with van der Waals surface area (Å²) in [5, 5.41) is 11.4. The number of ketones is 1. The van der Waals surface area contributed by atoms with Gasteiger partial charge in [-0.2, -0.15) is 0 Å². The molecule has 2 heterocycles. The summed E-state index contributed by atoms with van der Waals surface area (Å²) in [5.41, 5.74) is -0.0865. The van der Waals surface area contributed by atoms with E-state index in [1.165, 1.54) is 31.6 Å². The highest BCUT2D eigenvalue weighted by Crippen LogP contribution is 2.44. The van der Waals surface area contributed by atoms with Crippen LogP contribution in [0.2, 0.25) is 10.0 Å². The third-order valence-electron chi connectivity index (χ3n) is 5.09. The van der Waals surface area contributed by atoms with Crippen LogP contribution < -0.4 is 9.64 Å². The SMILES string of the molecule is COc1c(Cl)cc(Cl)cc1/C(O)=C1\C(=O)C(=O)N(c2ccc(F)c(F)c2)C1c1cccnc1. The van der Waals surface area contributed by atoms with Gasteiger partial charge in [0.15, 0.2) is 11.6 Å². The number of ether oxygens (including phenoxy) is 1. The Bertz CT molecular complexity index is 1320. The van der Waals surface area contributed by atoms with E-state index in [0.717, 1.165) is 23.1 Å². The average molecular weight is 491 g/mol. The first-order chi connectivity index (χ1) is 15.7. The lowest BCUT2D eigenvalue weighted by atomic mass is 9.95. The van der Waals surface area contributed by atoms with Gasteiger partial charge in [-0.05, 0) is 35.9 Å². The molecular weight excluding hydrogens is 477 g/mol. The molecule has 0 radical (unpaired) electrons. The van der Waals surface area contributed by atoms with Crippen molar-refractivity contribution in [1.29, 1.82) is 0 Å². The molecule has 1 N–H and O–H groups in total. The topological polar surface area (TPSA) is 79.7 Å². The number of methoxy groups -OCH3 is 1. The number of rotatable bonds is 4. The Labute approximate surface area is 196 Å². The van der Waals surface area contributed by atoms with Crippen molar-refractivity contribution in [2.45, 2.75) is 6.04 Å². The Morgan fingerprint density at radius 2 is 1.88 bits per heavy atom. The van der Waals surface area contributed by atoms with Crippen molar-refractivity contribution < 1.29 is 28.2 Å². The molecule has 0 bridgehead atoms. The predicted molar refractivity (Wildman–Crippen MR) is 118 cm³/mol. The molecule has 0 aliphatic carbocycles. The highest BCUT2D eigenvalue weighted by atomic mass is 35.5. The number of carbonyl (C=O) groups excluding carboxylic acids is 2. The molecule has 0 spiro atoms. The maximum absolute atomic E-state index is 14.0. The Balaban J connectivity index is 2.00. The highest BCUT2D eigenvalue weighted by Gasteiger charge is 2.47. The van der Waals surface area contributed by atoms with Crippen molar-refractivity contribution in [3.05, 3.63) is 93.2 Å². The molecule has 1 aromatic heterocycles. The third kappa shape index (κ3) is 3.92. The van der Waals surface area contributed by atoms with Crippen molar-refractivity contribution in [2.24, 2.45) is 0 Å². The van der Waals surface area contributed by atoms with Crippen LogP contribution in [0.1, 0.15) is 17.2 Å². The Morgan fingerprint density at radius 3 is 2.52 bits per heavy atom. The van der Waals surface area contributed by atoms with Crippen LogP contribution in [0, 0.1) is 11.6 Å². The quantitative estimate of drug-likeness (QED) is 0.305. The zero-order chi connectivity index (χ0) is 23.9. The van der Waals surface area contributed by atoms with E-state index in [-0.39, 0.29) is 32.6 Å². The van der Waals surface area contributed by atoms with Gasteiger partial charge >= 0.3 is 0 Å². The van der Waals surface area contributed by atoms with Gasteiger partial charge in [0.05, 0.1) is 29.3 Å². The van der Waals surface area contributed by atoms with Gasteiger partial charge in [0.1, 0.15) is 11.5 Å². The average Bonchev–Trinajstić information content (AvgIpc) is 3.06. The number of anilines is 1. The molecule has 33 heavy (non-hydrogen) atoms. The smallest absolute Gasteiger partial charge is 0.300 e. The van der Waals surface area contributed by atoms with Crippen molar-refractivity contribution >= 4 is 46.3 Å². The van der Waals surface area contributed by atoms with Gasteiger partial charge in [0, 0.05) is 29.2 Å². The van der Waals surface area contributed by atoms with Crippen LogP contribution in [0.5, 0.6) is 5.75 Å². The Kier molecular flexibility index (Phi) is 6.05. The minimum Gasteiger partial charge on any atom is -0.507 e. The van der Waals surface area contributed by atoms with Gasteiger partial charge in [-0.15, -0.1) is 0 Å². The van der Waals surface area contributed by atoms with E-state index in [9.17, 15) is 23.5 Å². The van der Waals surface area contributed by atoms with Crippen LogP contribution >= 0.6 is 23.2 Å². The normalized spacial score (nSPS) is 17.5. The zero-order valence-electron chi connectivity index (χ0n) is 16.9. The summed E-state index contributed by atoms with van der Waals surface area (Å²) in [4.78, 5) is 31.1. The molecule has 1 atom stereocenters. The van der Waals surface area contributed by atoms with Crippen LogP contribution in [-0.2, 0) is 9.59 Å². The third-order valence-corrected chi connectivity index (χ3v) is 5.59. The minimum atomic E-state index is -1.21. The van der Waals surface area contributed by atoms with E-state index < -0.39 is 35.1 Å². The zero-order valence-corrected chi connectivity index (χ0v) is 18.4. The van der Waals surface area contributed by atoms with Crippen molar-refractivity contribution in [3.8, 4) is 5.75 Å². The van der Waals surface area contributed by atoms with Crippen molar-refractivity contribution in [3.63, 3.8) is 0 Å². The molecule has 168 valence electrons. The molecule has 1 amide bonds. The molecule has 1 aliphatic heterocycles. The number of amides is 1. The van der Waals surface area contributed by atoms with Gasteiger partial charge in [-0.25, -0.2) is 8.78 Å². The van der Waals surface area contributed by atoms with E-state index in [4.69, 9.17) is 27.9 Å². The Hall–Kier alpha value is -3.49. The number of aliphatic hydroxyl groups is 1. The molecule has 3 aromatic rings. The summed E-state index contributed by atoms with van der Waals surface area (Å²) < 4.78 is 32.8. The molecule has 1 fully saturated rings. The first kappa shape index (κ1) is 22.7. The second-order valence-corrected chi connectivity index (χ2v) is 7.87. The molecular formula is C23H14Cl2F2N2O4. The van der Waals surface area contributed by atoms with Crippen LogP contribution in [0.3, 0.4) is 0 Å². The molecule has 6 nitrogen and oxygen atoms in total. The minimum absolute atomic E-state index is 0.0211. The second kappa shape index (κ2) is 8.80. The molecule has 2 aromatic carbocycles. The molecule has 10 heteroatoms. The van der Waals surface area contributed by atoms with Gasteiger partial charge in [-0.1, -0.05) is 29.3 Å². The summed E-state index contributed by atoms with van der Waals surface area (Å²) >= 11 is 12.3. The maximum atomic E-state index is 14.0. The summed E-state index contributed by atoms with van der Waals surface area (Å²) in [6.45, 7) is 0. The first-order valence-electron chi connectivity index (χ1n) is 9.44. The highest BCUT2D eigenvalue weighted by molar-refractivity contribution is 6.51. The van der Waals surface area contributed by atoms with Crippen molar-refractivity contribution in [2.75, 3.05) is 12.0 Å². The number of benzene rings is 2. The van der Waals surface area contributed by atoms with E-state index in [0.29, 0.717) is 5.56 Å². The number of hydrogen-bond acceptors (Lipinski definition) is 5. The van der Waals surface area contributed by atoms with Crippen LogP contribution in [0.25, 0.3) is 5.76 Å². The summed E-state index contributed by atoms with van der Waals surface area (Å²) in [5.74, 6) is -5.00. The van der Waals surface area contributed by atoms with Crippen LogP contribution in [0.4, 0.5) is 14.5 Å². The van der Waals surface area contributed by atoms with E-state index in [1.54, 1.807) is 12.1 Å². The molecule has 1 unspecified atom stereocenters. The van der Waals surface area contributed by atoms with E-state index >= 15 is 0 Å². The number of hydrogen-bond donors (Lipinski definition) is 1. The fourth-order valence-corrected chi connectivity index (χ4v) is 4.25. The largest absolute Gasteiger partial charge is 0.507 e. The van der Waals surface area contributed by atoms with Crippen LogP contribution in [0.15, 0.2) is 60.4 Å². The summed E-state index contributed by atoms with van der Waals surface area (Å²) in [6.07, 6.45) is 2.87. The number of carbonyl (C=O) groups is 2. The maximum Gasteiger partial charge on any atom is 0.300 e. The molecule has 1 aliphatic rings. The fraction of sp³-hybridized carbons (Fsp3) is 0.0870. The monoisotopic (exact) mass is 490 g/mol. The number of pyridine rings is 1. The van der Waals surface area contributed by atoms with Gasteiger partial charge in [-0.3, -0.25) is 19.5 Å². The first-order valence-corrected chi connectivity index (χ1v) is 10.2. The van der Waals surface area contributed by atoms with E-state index in [1.807, 2.05) is 0 Å².